The zero-order valence-corrected chi connectivity index (χ0v) is 12.0. The van der Waals surface area contributed by atoms with Crippen LogP contribution >= 0.6 is 0 Å². The number of aromatic amines is 1. The van der Waals surface area contributed by atoms with Crippen LogP contribution in [0.3, 0.4) is 0 Å². The molecule has 22 heavy (non-hydrogen) atoms. The largest absolute Gasteiger partial charge is 0.350 e. The zero-order valence-electron chi connectivity index (χ0n) is 12.0. The minimum absolute atomic E-state index is 0.173. The monoisotopic (exact) mass is 293 g/mol. The van der Waals surface area contributed by atoms with E-state index in [1.807, 2.05) is 25.1 Å². The lowest BCUT2D eigenvalue weighted by molar-refractivity contribution is 0.0935. The molecule has 1 unspecified atom stereocenters. The van der Waals surface area contributed by atoms with Crippen LogP contribution in [-0.4, -0.2) is 15.9 Å². The maximum atomic E-state index is 12.3. The maximum absolute atomic E-state index is 12.3. The van der Waals surface area contributed by atoms with Gasteiger partial charge in [0.1, 0.15) is 5.69 Å². The van der Waals surface area contributed by atoms with Gasteiger partial charge in [-0.3, -0.25) is 14.6 Å². The summed E-state index contributed by atoms with van der Waals surface area (Å²) >= 11 is 0. The van der Waals surface area contributed by atoms with Gasteiger partial charge in [0.05, 0.1) is 6.04 Å². The molecule has 3 rings (SSSR count). The van der Waals surface area contributed by atoms with Gasteiger partial charge >= 0.3 is 0 Å². The quantitative estimate of drug-likeness (QED) is 0.778. The second-order valence-corrected chi connectivity index (χ2v) is 5.07. The molecule has 0 radical (unpaired) electrons. The first-order chi connectivity index (χ1) is 10.6. The fraction of sp³-hybridized carbons (Fsp3) is 0.118. The number of nitrogens with one attached hydrogen (secondary N) is 2. The van der Waals surface area contributed by atoms with Gasteiger partial charge in [-0.15, -0.1) is 0 Å². The number of carbonyl (C=O) groups is 1. The van der Waals surface area contributed by atoms with Crippen molar-refractivity contribution in [3.8, 4) is 0 Å². The molecule has 2 N–H and O–H groups in total. The Kier molecular flexibility index (Phi) is 3.70. The standard InChI is InChI=1S/C17H15N3O2/c1-11(12-5-4-8-18-10-12)19-17(22)15-9-16(21)13-6-2-3-7-14(13)20-15/h2-11H,1H3,(H,19,22)(H,20,21). The van der Waals surface area contributed by atoms with E-state index in [1.165, 1.54) is 6.07 Å². The molecule has 1 atom stereocenters. The molecule has 3 aromatic rings. The smallest absolute Gasteiger partial charge is 0.268 e. The van der Waals surface area contributed by atoms with Crippen molar-refractivity contribution in [2.24, 2.45) is 0 Å². The van der Waals surface area contributed by atoms with Crippen molar-refractivity contribution in [2.45, 2.75) is 13.0 Å². The van der Waals surface area contributed by atoms with E-state index in [0.717, 1.165) is 5.56 Å². The average Bonchev–Trinajstić information content (AvgIpc) is 2.55. The van der Waals surface area contributed by atoms with Gasteiger partial charge in [-0.2, -0.15) is 0 Å². The summed E-state index contributed by atoms with van der Waals surface area (Å²) < 4.78 is 0. The van der Waals surface area contributed by atoms with Crippen LogP contribution in [0.15, 0.2) is 59.7 Å². The van der Waals surface area contributed by atoms with Gasteiger partial charge in [0.2, 0.25) is 0 Å². The summed E-state index contributed by atoms with van der Waals surface area (Å²) in [5.74, 6) is -0.320. The van der Waals surface area contributed by atoms with Crippen molar-refractivity contribution in [1.29, 1.82) is 0 Å². The Morgan fingerprint density at radius 3 is 2.82 bits per heavy atom. The van der Waals surface area contributed by atoms with Gasteiger partial charge in [0.15, 0.2) is 5.43 Å². The second-order valence-electron chi connectivity index (χ2n) is 5.07. The lowest BCUT2D eigenvalue weighted by atomic mass is 10.1. The molecule has 1 amide bonds. The van der Waals surface area contributed by atoms with Crippen LogP contribution in [0, 0.1) is 0 Å². The number of amides is 1. The van der Waals surface area contributed by atoms with Gasteiger partial charge in [0, 0.05) is 29.4 Å². The fourth-order valence-electron chi connectivity index (χ4n) is 2.31. The van der Waals surface area contributed by atoms with E-state index in [-0.39, 0.29) is 23.1 Å². The number of benzene rings is 1. The van der Waals surface area contributed by atoms with Crippen LogP contribution < -0.4 is 10.7 Å². The lowest BCUT2D eigenvalue weighted by Crippen LogP contribution is -2.28. The fourth-order valence-corrected chi connectivity index (χ4v) is 2.31. The Bertz CT molecular complexity index is 872. The third-order valence-electron chi connectivity index (χ3n) is 3.51. The molecule has 0 bridgehead atoms. The predicted octanol–water partition coefficient (Wildman–Crippen LogP) is 2.41. The van der Waals surface area contributed by atoms with Crippen LogP contribution in [0.25, 0.3) is 10.9 Å². The molecule has 0 aliphatic rings. The number of rotatable bonds is 3. The Morgan fingerprint density at radius 1 is 1.23 bits per heavy atom. The minimum Gasteiger partial charge on any atom is -0.350 e. The topological polar surface area (TPSA) is 74.8 Å². The summed E-state index contributed by atoms with van der Waals surface area (Å²) in [6, 6.07) is 12.0. The Hall–Kier alpha value is -2.95. The molecule has 2 heterocycles. The van der Waals surface area contributed by atoms with E-state index < -0.39 is 0 Å². The van der Waals surface area contributed by atoms with Crippen LogP contribution in [0.4, 0.5) is 0 Å². The number of pyridine rings is 2. The predicted molar refractivity (Wildman–Crippen MR) is 84.7 cm³/mol. The first kappa shape index (κ1) is 14.0. The first-order valence-electron chi connectivity index (χ1n) is 6.98. The van der Waals surface area contributed by atoms with E-state index in [2.05, 4.69) is 15.3 Å². The van der Waals surface area contributed by atoms with Crippen LogP contribution in [0.2, 0.25) is 0 Å². The van der Waals surface area contributed by atoms with Crippen LogP contribution in [-0.2, 0) is 0 Å². The van der Waals surface area contributed by atoms with E-state index >= 15 is 0 Å². The molecule has 0 aliphatic carbocycles. The summed E-state index contributed by atoms with van der Waals surface area (Å²) in [5.41, 5.74) is 1.63. The van der Waals surface area contributed by atoms with Crippen LogP contribution in [0.5, 0.6) is 0 Å². The van der Waals surface area contributed by atoms with Crippen molar-refractivity contribution in [3.63, 3.8) is 0 Å². The van der Waals surface area contributed by atoms with Crippen molar-refractivity contribution < 1.29 is 4.79 Å². The van der Waals surface area contributed by atoms with Crippen molar-refractivity contribution in [1.82, 2.24) is 15.3 Å². The molecule has 0 fully saturated rings. The van der Waals surface area contributed by atoms with Gasteiger partial charge in [-0.1, -0.05) is 18.2 Å². The second kappa shape index (κ2) is 5.81. The molecule has 0 aliphatic heterocycles. The van der Waals surface area contributed by atoms with Gasteiger partial charge in [-0.05, 0) is 30.7 Å². The molecular weight excluding hydrogens is 278 g/mol. The van der Waals surface area contributed by atoms with Crippen molar-refractivity contribution in [3.05, 3.63) is 76.3 Å². The van der Waals surface area contributed by atoms with Crippen molar-refractivity contribution in [2.75, 3.05) is 0 Å². The Balaban J connectivity index is 1.88. The molecule has 5 heteroatoms. The highest BCUT2D eigenvalue weighted by molar-refractivity contribution is 5.95. The summed E-state index contributed by atoms with van der Waals surface area (Å²) in [5, 5.41) is 3.42. The number of aromatic nitrogens is 2. The van der Waals surface area contributed by atoms with Gasteiger partial charge < -0.3 is 10.3 Å². The van der Waals surface area contributed by atoms with Crippen molar-refractivity contribution >= 4 is 16.8 Å². The highest BCUT2D eigenvalue weighted by Crippen LogP contribution is 2.12. The molecule has 2 aromatic heterocycles. The van der Waals surface area contributed by atoms with Gasteiger partial charge in [-0.25, -0.2) is 0 Å². The van der Waals surface area contributed by atoms with E-state index in [9.17, 15) is 9.59 Å². The number of fused-ring (bicyclic) bond motifs is 1. The van der Waals surface area contributed by atoms with E-state index in [0.29, 0.717) is 10.9 Å². The average molecular weight is 293 g/mol. The van der Waals surface area contributed by atoms with Crippen LogP contribution in [0.1, 0.15) is 29.0 Å². The highest BCUT2D eigenvalue weighted by atomic mass is 16.2. The molecule has 0 saturated carbocycles. The molecule has 110 valence electrons. The third-order valence-corrected chi connectivity index (χ3v) is 3.51. The van der Waals surface area contributed by atoms with E-state index in [1.54, 1.807) is 30.6 Å². The summed E-state index contributed by atoms with van der Waals surface area (Å²) in [6.07, 6.45) is 3.38. The molecule has 0 spiro atoms. The number of nitrogens with zero attached hydrogens (tertiary/aromatic N) is 1. The zero-order chi connectivity index (χ0) is 15.5. The maximum Gasteiger partial charge on any atom is 0.268 e. The Morgan fingerprint density at radius 2 is 2.05 bits per heavy atom. The van der Waals surface area contributed by atoms with Gasteiger partial charge in [0.25, 0.3) is 5.91 Å². The normalized spacial score (nSPS) is 12.0. The summed E-state index contributed by atoms with van der Waals surface area (Å²) in [4.78, 5) is 31.4. The SMILES string of the molecule is CC(NC(=O)c1cc(=O)c2ccccc2[nH]1)c1cccnc1. The molecule has 1 aromatic carbocycles. The molecule has 0 saturated heterocycles. The Labute approximate surface area is 127 Å². The summed E-state index contributed by atoms with van der Waals surface area (Å²) in [7, 11) is 0. The number of para-hydroxylation sites is 1. The first-order valence-corrected chi connectivity index (χ1v) is 6.98. The molecular formula is C17H15N3O2. The van der Waals surface area contributed by atoms with E-state index in [4.69, 9.17) is 0 Å². The minimum atomic E-state index is -0.320. The number of hydrogen-bond acceptors (Lipinski definition) is 3. The third kappa shape index (κ3) is 2.74. The number of hydrogen-bond donors (Lipinski definition) is 2. The highest BCUT2D eigenvalue weighted by Gasteiger charge is 2.13. The number of carbonyl (C=O) groups excluding carboxylic acids is 1. The number of H-pyrrole nitrogens is 1. The lowest BCUT2D eigenvalue weighted by Gasteiger charge is -2.14. The summed E-state index contributed by atoms with van der Waals surface area (Å²) in [6.45, 7) is 1.87. The molecule has 5 nitrogen and oxygen atoms in total.